The molecule has 0 saturated heterocycles. The molecule has 2 amide bonds. The van der Waals surface area contributed by atoms with Crippen molar-refractivity contribution >= 4 is 27.5 Å². The van der Waals surface area contributed by atoms with E-state index in [0.717, 1.165) is 11.1 Å². The van der Waals surface area contributed by atoms with Crippen LogP contribution in [0.15, 0.2) is 48.5 Å². The Bertz CT molecular complexity index is 1180. The second-order valence-electron chi connectivity index (χ2n) is 9.26. The lowest BCUT2D eigenvalue weighted by Crippen LogP contribution is -2.58. The van der Waals surface area contributed by atoms with E-state index in [9.17, 15) is 23.1 Å². The molecule has 3 rings (SSSR count). The van der Waals surface area contributed by atoms with Crippen molar-refractivity contribution in [1.29, 1.82) is 0 Å². The summed E-state index contributed by atoms with van der Waals surface area (Å²) in [7, 11) is -2.27. The molecule has 0 fully saturated rings. The molecule has 1 atom stereocenters. The van der Waals surface area contributed by atoms with Gasteiger partial charge in [-0.15, -0.1) is 0 Å². The third-order valence-corrected chi connectivity index (χ3v) is 8.08. The van der Waals surface area contributed by atoms with E-state index in [0.29, 0.717) is 11.3 Å². The molecule has 0 radical (unpaired) electrons. The number of hydrogen-bond donors (Lipinski definition) is 4. The van der Waals surface area contributed by atoms with Crippen molar-refractivity contribution in [3.8, 4) is 0 Å². The number of aliphatic hydroxyl groups excluding tert-OH is 1. The van der Waals surface area contributed by atoms with E-state index in [1.165, 1.54) is 11.9 Å². The molecule has 184 valence electrons. The number of amides is 2. The van der Waals surface area contributed by atoms with Gasteiger partial charge in [0.05, 0.1) is 11.4 Å². The Kier molecular flexibility index (Phi) is 7.47. The lowest BCUT2D eigenvalue weighted by Gasteiger charge is -2.32. The van der Waals surface area contributed by atoms with Gasteiger partial charge in [-0.05, 0) is 38.0 Å². The van der Waals surface area contributed by atoms with Crippen molar-refractivity contribution in [2.24, 2.45) is 0 Å². The van der Waals surface area contributed by atoms with Crippen molar-refractivity contribution in [1.82, 2.24) is 15.4 Å². The second kappa shape index (κ2) is 9.83. The van der Waals surface area contributed by atoms with Gasteiger partial charge in [-0.25, -0.2) is 13.1 Å². The number of anilines is 1. The highest BCUT2D eigenvalue weighted by atomic mass is 32.2. The highest BCUT2D eigenvalue weighted by molar-refractivity contribution is 7.90. The maximum Gasteiger partial charge on any atom is 0.253 e. The molecule has 34 heavy (non-hydrogen) atoms. The third-order valence-electron chi connectivity index (χ3n) is 5.95. The zero-order valence-corrected chi connectivity index (χ0v) is 20.7. The monoisotopic (exact) mass is 488 g/mol. The topological polar surface area (TPSA) is 128 Å². The van der Waals surface area contributed by atoms with Gasteiger partial charge in [0.1, 0.15) is 12.1 Å². The number of nitrogens with zero attached hydrogens (tertiary/aromatic N) is 1. The number of likely N-dealkylation sites (N-methyl/N-ethyl adjacent to an activating group) is 1. The molecular formula is C24H32N4O5S. The van der Waals surface area contributed by atoms with Crippen LogP contribution in [0.4, 0.5) is 5.69 Å². The molecule has 0 aliphatic carbocycles. The summed E-state index contributed by atoms with van der Waals surface area (Å²) in [6.45, 7) is 4.44. The third kappa shape index (κ3) is 5.00. The van der Waals surface area contributed by atoms with E-state index in [1.54, 1.807) is 57.2 Å². The van der Waals surface area contributed by atoms with Crippen LogP contribution in [0.1, 0.15) is 37.5 Å². The van der Waals surface area contributed by atoms with Crippen molar-refractivity contribution < 1.29 is 23.1 Å². The van der Waals surface area contributed by atoms with Gasteiger partial charge in [0.15, 0.2) is 0 Å². The average Bonchev–Trinajstić information content (AvgIpc) is 3.03. The first-order valence-corrected chi connectivity index (χ1v) is 12.5. The molecule has 0 saturated carbocycles. The fraction of sp³-hybridized carbons (Fsp3) is 0.417. The quantitative estimate of drug-likeness (QED) is 0.417. The number of para-hydroxylation sites is 1. The van der Waals surface area contributed by atoms with Gasteiger partial charge >= 0.3 is 0 Å². The van der Waals surface area contributed by atoms with Gasteiger partial charge in [0.25, 0.3) is 5.91 Å². The number of rotatable bonds is 9. The summed E-state index contributed by atoms with van der Waals surface area (Å²) in [6.07, 6.45) is 0. The smallest absolute Gasteiger partial charge is 0.253 e. The van der Waals surface area contributed by atoms with Gasteiger partial charge < -0.3 is 15.3 Å². The van der Waals surface area contributed by atoms with Crippen LogP contribution < -0.4 is 20.3 Å². The molecule has 2 aromatic rings. The van der Waals surface area contributed by atoms with Gasteiger partial charge in [0.2, 0.25) is 15.9 Å². The van der Waals surface area contributed by atoms with Crippen LogP contribution in [0, 0.1) is 0 Å². The van der Waals surface area contributed by atoms with Crippen LogP contribution in [0.25, 0.3) is 0 Å². The molecule has 0 spiro atoms. The molecule has 1 aliphatic heterocycles. The van der Waals surface area contributed by atoms with Gasteiger partial charge in [-0.2, -0.15) is 0 Å². The van der Waals surface area contributed by atoms with Crippen molar-refractivity contribution in [3.63, 3.8) is 0 Å². The number of nitrogens with one attached hydrogen (secondary N) is 3. The minimum absolute atomic E-state index is 0.119. The number of benzene rings is 2. The maximum atomic E-state index is 13.9. The highest BCUT2D eigenvalue weighted by Crippen LogP contribution is 2.40. The van der Waals surface area contributed by atoms with Crippen LogP contribution in [-0.4, -0.2) is 50.2 Å². The summed E-state index contributed by atoms with van der Waals surface area (Å²) in [5, 5.41) is 15.3. The van der Waals surface area contributed by atoms with Gasteiger partial charge in [0, 0.05) is 31.4 Å². The second-order valence-corrected chi connectivity index (χ2v) is 11.8. The Labute approximate surface area is 200 Å². The largest absolute Gasteiger partial charge is 0.392 e. The Morgan fingerprint density at radius 3 is 2.41 bits per heavy atom. The lowest BCUT2D eigenvalue weighted by atomic mass is 9.91. The molecule has 9 nitrogen and oxygen atoms in total. The van der Waals surface area contributed by atoms with Crippen LogP contribution in [0.5, 0.6) is 0 Å². The molecule has 2 aromatic carbocycles. The Morgan fingerprint density at radius 1 is 1.09 bits per heavy atom. The van der Waals surface area contributed by atoms with E-state index in [2.05, 4.69) is 15.4 Å². The lowest BCUT2D eigenvalue weighted by molar-refractivity contribution is -0.126. The summed E-state index contributed by atoms with van der Waals surface area (Å²) < 4.78 is 27.3. The Hall–Kier alpha value is -2.79. The summed E-state index contributed by atoms with van der Waals surface area (Å²) >= 11 is 0. The van der Waals surface area contributed by atoms with E-state index in [4.69, 9.17) is 0 Å². The SMILES string of the molecule is CNC(=O)CN1C(=O)C(CNS(=O)(=O)C(C)(C)C)(NCc2cccc(CO)c2)c2ccccc21. The molecule has 1 heterocycles. The van der Waals surface area contributed by atoms with Crippen LogP contribution in [-0.2, 0) is 38.3 Å². The average molecular weight is 489 g/mol. The summed E-state index contributed by atoms with van der Waals surface area (Å²) in [6, 6.07) is 14.3. The number of fused-ring (bicyclic) bond motifs is 1. The van der Waals surface area contributed by atoms with E-state index < -0.39 is 26.2 Å². The number of aliphatic hydroxyl groups is 1. The van der Waals surface area contributed by atoms with Gasteiger partial charge in [-0.3, -0.25) is 14.9 Å². The summed E-state index contributed by atoms with van der Waals surface area (Å²) in [4.78, 5) is 27.4. The Morgan fingerprint density at radius 2 is 1.76 bits per heavy atom. The van der Waals surface area contributed by atoms with E-state index >= 15 is 0 Å². The standard InChI is InChI=1S/C24H32N4O5S/c1-23(2,3)34(32,33)27-16-24(26-13-17-8-7-9-18(12-17)15-29)19-10-5-6-11-20(19)28(22(24)31)14-21(30)25-4/h5-12,26-27,29H,13-16H2,1-4H3,(H,25,30). The first-order valence-electron chi connectivity index (χ1n) is 11.0. The number of hydrogen-bond acceptors (Lipinski definition) is 6. The number of sulfonamides is 1. The predicted molar refractivity (Wildman–Crippen MR) is 130 cm³/mol. The Balaban J connectivity index is 2.04. The van der Waals surface area contributed by atoms with E-state index in [1.807, 2.05) is 12.1 Å². The first kappa shape index (κ1) is 25.8. The zero-order valence-electron chi connectivity index (χ0n) is 19.9. The highest BCUT2D eigenvalue weighted by Gasteiger charge is 2.51. The van der Waals surface area contributed by atoms with Crippen LogP contribution >= 0.6 is 0 Å². The zero-order chi connectivity index (χ0) is 25.1. The molecule has 1 unspecified atom stereocenters. The van der Waals surface area contributed by atoms with Crippen molar-refractivity contribution in [2.75, 3.05) is 25.0 Å². The molecular weight excluding hydrogens is 456 g/mol. The molecule has 4 N–H and O–H groups in total. The summed E-state index contributed by atoms with van der Waals surface area (Å²) in [5.74, 6) is -0.767. The van der Waals surface area contributed by atoms with Crippen molar-refractivity contribution in [2.45, 2.75) is 44.2 Å². The fourth-order valence-electron chi connectivity index (χ4n) is 3.82. The van der Waals surface area contributed by atoms with Crippen LogP contribution in [0.3, 0.4) is 0 Å². The summed E-state index contributed by atoms with van der Waals surface area (Å²) in [5.41, 5.74) is 1.24. The number of carbonyl (C=O) groups excluding carboxylic acids is 2. The predicted octanol–water partition coefficient (Wildman–Crippen LogP) is 0.975. The minimum Gasteiger partial charge on any atom is -0.392 e. The van der Waals surface area contributed by atoms with Gasteiger partial charge in [-0.1, -0.05) is 42.5 Å². The maximum absolute atomic E-state index is 13.9. The fourth-order valence-corrected chi connectivity index (χ4v) is 4.66. The normalized spacial score (nSPS) is 18.1. The molecule has 0 bridgehead atoms. The minimum atomic E-state index is -3.76. The molecule has 10 heteroatoms. The molecule has 0 aromatic heterocycles. The van der Waals surface area contributed by atoms with E-state index in [-0.39, 0.29) is 32.1 Å². The molecule has 1 aliphatic rings. The first-order chi connectivity index (χ1) is 15.9. The number of carbonyl (C=O) groups is 2. The van der Waals surface area contributed by atoms with Crippen LogP contribution in [0.2, 0.25) is 0 Å². The van der Waals surface area contributed by atoms with Crippen molar-refractivity contribution in [3.05, 3.63) is 65.2 Å².